The van der Waals surface area contributed by atoms with Gasteiger partial charge in [-0.1, -0.05) is 182 Å². The van der Waals surface area contributed by atoms with Gasteiger partial charge in [0.25, 0.3) is 0 Å². The number of fused-ring (bicyclic) bond motifs is 3. The van der Waals surface area contributed by atoms with Crippen LogP contribution in [-0.2, 0) is 0 Å². The Balaban J connectivity index is 1.22. The SMILES string of the molecule is c1ccc(-c2cccc(-c3nc(-c4ccccc4)nc(-c4ccccc4-c4cc(-c5ccccc5)cc5c4sc4c(-c6ccccc6)cccc45)n3)c2)cc1. The van der Waals surface area contributed by atoms with Gasteiger partial charge < -0.3 is 0 Å². The summed E-state index contributed by atoms with van der Waals surface area (Å²) in [5.74, 6) is 1.90. The van der Waals surface area contributed by atoms with Crippen LogP contribution in [0.3, 0.4) is 0 Å². The smallest absolute Gasteiger partial charge is 0.164 e. The summed E-state index contributed by atoms with van der Waals surface area (Å²) in [6.07, 6.45) is 0. The predicted molar refractivity (Wildman–Crippen MR) is 231 cm³/mol. The lowest BCUT2D eigenvalue weighted by atomic mass is 9.93. The first kappa shape index (κ1) is 32.6. The summed E-state index contributed by atoms with van der Waals surface area (Å²) in [7, 11) is 0. The van der Waals surface area contributed by atoms with Gasteiger partial charge in [0.15, 0.2) is 17.5 Å². The second kappa shape index (κ2) is 14.1. The molecule has 0 unspecified atom stereocenters. The average Bonchev–Trinajstić information content (AvgIpc) is 3.66. The molecular formula is C51H33N3S. The molecule has 0 amide bonds. The molecular weight excluding hydrogens is 687 g/mol. The minimum Gasteiger partial charge on any atom is -0.208 e. The second-order valence-corrected chi connectivity index (χ2v) is 14.6. The van der Waals surface area contributed by atoms with Gasteiger partial charge in [-0.15, -0.1) is 11.3 Å². The van der Waals surface area contributed by atoms with Crippen LogP contribution in [0.5, 0.6) is 0 Å². The fourth-order valence-electron chi connectivity index (χ4n) is 7.47. The zero-order valence-electron chi connectivity index (χ0n) is 29.8. The summed E-state index contributed by atoms with van der Waals surface area (Å²) >= 11 is 1.86. The van der Waals surface area contributed by atoms with Crippen LogP contribution in [-0.4, -0.2) is 15.0 Å². The number of aromatic nitrogens is 3. The molecule has 2 aromatic heterocycles. The Kier molecular flexibility index (Phi) is 8.36. The molecule has 10 rings (SSSR count). The molecule has 0 saturated carbocycles. The van der Waals surface area contributed by atoms with Crippen LogP contribution in [0.15, 0.2) is 200 Å². The van der Waals surface area contributed by atoms with E-state index in [2.05, 4.69) is 176 Å². The van der Waals surface area contributed by atoms with Crippen molar-refractivity contribution in [2.45, 2.75) is 0 Å². The van der Waals surface area contributed by atoms with Crippen molar-refractivity contribution in [3.05, 3.63) is 200 Å². The summed E-state index contributed by atoms with van der Waals surface area (Å²) in [6, 6.07) is 70.4. The molecule has 2 heterocycles. The first-order chi connectivity index (χ1) is 27.3. The van der Waals surface area contributed by atoms with E-state index in [1.165, 1.54) is 42.4 Å². The highest BCUT2D eigenvalue weighted by molar-refractivity contribution is 7.26. The highest BCUT2D eigenvalue weighted by Gasteiger charge is 2.21. The Morgan fingerprint density at radius 2 is 0.727 bits per heavy atom. The van der Waals surface area contributed by atoms with E-state index < -0.39 is 0 Å². The largest absolute Gasteiger partial charge is 0.208 e. The van der Waals surface area contributed by atoms with Crippen molar-refractivity contribution >= 4 is 31.5 Å². The van der Waals surface area contributed by atoms with Crippen molar-refractivity contribution in [2.75, 3.05) is 0 Å². The van der Waals surface area contributed by atoms with Crippen molar-refractivity contribution in [2.24, 2.45) is 0 Å². The molecule has 0 radical (unpaired) electrons. The lowest BCUT2D eigenvalue weighted by molar-refractivity contribution is 1.07. The molecule has 0 saturated heterocycles. The maximum absolute atomic E-state index is 5.26. The summed E-state index contributed by atoms with van der Waals surface area (Å²) < 4.78 is 2.51. The quantitative estimate of drug-likeness (QED) is 0.165. The van der Waals surface area contributed by atoms with Gasteiger partial charge in [0.05, 0.1) is 0 Å². The van der Waals surface area contributed by atoms with E-state index in [9.17, 15) is 0 Å². The van der Waals surface area contributed by atoms with Crippen molar-refractivity contribution in [3.8, 4) is 78.7 Å². The minimum atomic E-state index is 0.633. The number of thiophene rings is 1. The van der Waals surface area contributed by atoms with Crippen LogP contribution in [0.25, 0.3) is 98.8 Å². The van der Waals surface area contributed by atoms with E-state index in [0.29, 0.717) is 17.5 Å². The maximum atomic E-state index is 5.26. The lowest BCUT2D eigenvalue weighted by Crippen LogP contribution is -2.01. The molecule has 0 bridgehead atoms. The van der Waals surface area contributed by atoms with E-state index in [4.69, 9.17) is 15.0 Å². The summed E-state index contributed by atoms with van der Waals surface area (Å²) in [5.41, 5.74) is 12.1. The van der Waals surface area contributed by atoms with Crippen LogP contribution < -0.4 is 0 Å². The van der Waals surface area contributed by atoms with Gasteiger partial charge >= 0.3 is 0 Å². The average molecular weight is 720 g/mol. The number of nitrogens with zero attached hydrogens (tertiary/aromatic N) is 3. The van der Waals surface area contributed by atoms with Crippen molar-refractivity contribution in [1.29, 1.82) is 0 Å². The molecule has 4 heteroatoms. The first-order valence-electron chi connectivity index (χ1n) is 18.4. The van der Waals surface area contributed by atoms with Crippen molar-refractivity contribution in [3.63, 3.8) is 0 Å². The Morgan fingerprint density at radius 3 is 1.42 bits per heavy atom. The zero-order chi connectivity index (χ0) is 36.6. The maximum Gasteiger partial charge on any atom is 0.164 e. The third-order valence-corrected chi connectivity index (χ3v) is 11.4. The molecule has 3 nitrogen and oxygen atoms in total. The standard InChI is InChI=1S/C51H33N3S/c1-5-17-34(18-6-1)38-25-15-26-39(31-38)50-52-49(37-23-11-4-12-24-37)53-51(54-50)44-28-14-13-27-42(44)45-32-40(35-19-7-2-8-20-35)33-46-43-30-16-29-41(47(43)55-48(45)46)36-21-9-3-10-22-36/h1-33H. The highest BCUT2D eigenvalue weighted by Crippen LogP contribution is 2.47. The molecule has 55 heavy (non-hydrogen) atoms. The second-order valence-electron chi connectivity index (χ2n) is 13.6. The third-order valence-electron chi connectivity index (χ3n) is 10.1. The van der Waals surface area contributed by atoms with Crippen LogP contribution in [0.4, 0.5) is 0 Å². The molecule has 0 fully saturated rings. The Morgan fingerprint density at radius 1 is 0.255 bits per heavy atom. The molecule has 0 aliphatic rings. The van der Waals surface area contributed by atoms with E-state index in [1.54, 1.807) is 0 Å². The summed E-state index contributed by atoms with van der Waals surface area (Å²) in [4.78, 5) is 15.6. The van der Waals surface area contributed by atoms with Gasteiger partial charge in [0.2, 0.25) is 0 Å². The number of rotatable bonds is 7. The van der Waals surface area contributed by atoms with Crippen LogP contribution in [0.2, 0.25) is 0 Å². The lowest BCUT2D eigenvalue weighted by Gasteiger charge is -2.14. The van der Waals surface area contributed by atoms with Gasteiger partial charge in [-0.25, -0.2) is 15.0 Å². The third kappa shape index (κ3) is 6.19. The molecule has 8 aromatic carbocycles. The molecule has 0 aliphatic heterocycles. The van der Waals surface area contributed by atoms with E-state index >= 15 is 0 Å². The summed E-state index contributed by atoms with van der Waals surface area (Å²) in [6.45, 7) is 0. The zero-order valence-corrected chi connectivity index (χ0v) is 30.6. The Bertz CT molecular complexity index is 2960. The molecule has 0 atom stereocenters. The van der Waals surface area contributed by atoms with Gasteiger partial charge in [0.1, 0.15) is 0 Å². The van der Waals surface area contributed by atoms with Gasteiger partial charge in [-0.3, -0.25) is 0 Å². The van der Waals surface area contributed by atoms with E-state index in [1.807, 2.05) is 35.6 Å². The van der Waals surface area contributed by atoms with E-state index in [0.717, 1.165) is 38.9 Å². The number of benzene rings is 8. The normalized spacial score (nSPS) is 11.3. The van der Waals surface area contributed by atoms with E-state index in [-0.39, 0.29) is 0 Å². The van der Waals surface area contributed by atoms with Gasteiger partial charge in [0, 0.05) is 42.4 Å². The van der Waals surface area contributed by atoms with Crippen molar-refractivity contribution < 1.29 is 0 Å². The molecule has 0 aliphatic carbocycles. The predicted octanol–water partition coefficient (Wildman–Crippen LogP) is 13.9. The van der Waals surface area contributed by atoms with Crippen LogP contribution in [0, 0.1) is 0 Å². The van der Waals surface area contributed by atoms with Gasteiger partial charge in [-0.05, 0) is 57.1 Å². The topological polar surface area (TPSA) is 38.7 Å². The van der Waals surface area contributed by atoms with Gasteiger partial charge in [-0.2, -0.15) is 0 Å². The monoisotopic (exact) mass is 719 g/mol. The fourth-order valence-corrected chi connectivity index (χ4v) is 8.81. The summed E-state index contributed by atoms with van der Waals surface area (Å²) in [5, 5.41) is 2.49. The van der Waals surface area contributed by atoms with Crippen molar-refractivity contribution in [1.82, 2.24) is 15.0 Å². The Labute approximate surface area is 323 Å². The number of hydrogen-bond donors (Lipinski definition) is 0. The molecule has 0 N–H and O–H groups in total. The highest BCUT2D eigenvalue weighted by atomic mass is 32.1. The van der Waals surface area contributed by atoms with Crippen LogP contribution in [0.1, 0.15) is 0 Å². The van der Waals surface area contributed by atoms with Crippen LogP contribution >= 0.6 is 11.3 Å². The fraction of sp³-hybridized carbons (Fsp3) is 0. The Hall–Kier alpha value is -7.01. The molecule has 0 spiro atoms. The number of hydrogen-bond acceptors (Lipinski definition) is 4. The molecule has 10 aromatic rings. The first-order valence-corrected chi connectivity index (χ1v) is 19.3. The molecule has 258 valence electrons. The minimum absolute atomic E-state index is 0.633.